The maximum atomic E-state index is 10.7. The molecule has 0 radical (unpaired) electrons. The fourth-order valence-corrected chi connectivity index (χ4v) is 5.12. The van der Waals surface area contributed by atoms with E-state index in [0.29, 0.717) is 41.3 Å². The van der Waals surface area contributed by atoms with Crippen molar-refractivity contribution < 1.29 is 23.5 Å². The highest BCUT2D eigenvalue weighted by Crippen LogP contribution is 2.34. The van der Waals surface area contributed by atoms with Crippen molar-refractivity contribution in [2.45, 2.75) is 38.2 Å². The molecule has 0 spiro atoms. The first-order chi connectivity index (χ1) is 17.1. The summed E-state index contributed by atoms with van der Waals surface area (Å²) < 4.78 is 22.6. The molecule has 35 heavy (non-hydrogen) atoms. The van der Waals surface area contributed by atoms with Gasteiger partial charge in [0.1, 0.15) is 29.8 Å². The monoisotopic (exact) mass is 475 g/mol. The average molecular weight is 476 g/mol. The molecule has 2 aliphatic rings. The predicted molar refractivity (Wildman–Crippen MR) is 130 cm³/mol. The Hall–Kier alpha value is -3.36. The van der Waals surface area contributed by atoms with Crippen molar-refractivity contribution in [1.29, 1.82) is 0 Å². The number of aliphatic hydroxyl groups is 1. The number of β-amino-alcohol motifs (C(OH)–C–C–N with tert-alkyl or cyclic N) is 1. The molecule has 0 amide bonds. The minimum absolute atomic E-state index is 0.214. The quantitative estimate of drug-likeness (QED) is 0.422. The van der Waals surface area contributed by atoms with Gasteiger partial charge in [-0.25, -0.2) is 0 Å². The number of fused-ring (bicyclic) bond motifs is 2. The number of benzene rings is 2. The third-order valence-electron chi connectivity index (χ3n) is 6.94. The van der Waals surface area contributed by atoms with Crippen LogP contribution < -0.4 is 9.47 Å². The normalized spacial score (nSPS) is 17.4. The second-order valence-electron chi connectivity index (χ2n) is 9.42. The van der Waals surface area contributed by atoms with Crippen LogP contribution in [0.3, 0.4) is 0 Å². The van der Waals surface area contributed by atoms with Crippen LogP contribution in [0.1, 0.15) is 35.8 Å². The van der Waals surface area contributed by atoms with Crippen LogP contribution in [0, 0.1) is 6.92 Å². The lowest BCUT2D eigenvalue weighted by Crippen LogP contribution is -2.40. The number of ether oxygens (including phenoxy) is 2. The van der Waals surface area contributed by atoms with Crippen molar-refractivity contribution in [3.63, 3.8) is 0 Å². The standard InChI is InChI=1S/C27H29N3O5/c1-17-28-27(29-35-17)26-14-22-24(3-2-4-25(22)34-26)33-16-21(31)15-30-10-7-18(8-11-30)19-5-6-23-20(13-19)9-12-32-23/h2-6,13-14,18,21,31H,7-12,15-16H2,1H3/t21-/m0/s1. The fraction of sp³-hybridized carbons (Fsp3) is 0.407. The van der Waals surface area contributed by atoms with E-state index in [1.54, 1.807) is 6.92 Å². The topological polar surface area (TPSA) is 94.0 Å². The van der Waals surface area contributed by atoms with Gasteiger partial charge in [-0.3, -0.25) is 0 Å². The molecule has 8 heteroatoms. The molecule has 8 nitrogen and oxygen atoms in total. The van der Waals surface area contributed by atoms with Crippen LogP contribution in [-0.4, -0.2) is 59.1 Å². The first-order valence-corrected chi connectivity index (χ1v) is 12.2. The van der Waals surface area contributed by atoms with E-state index in [1.807, 2.05) is 24.3 Å². The Morgan fingerprint density at radius 1 is 1.17 bits per heavy atom. The van der Waals surface area contributed by atoms with Gasteiger partial charge in [0.05, 0.1) is 12.0 Å². The number of aromatic nitrogens is 2. The summed E-state index contributed by atoms with van der Waals surface area (Å²) in [6, 6.07) is 14.1. The minimum Gasteiger partial charge on any atom is -0.493 e. The second-order valence-corrected chi connectivity index (χ2v) is 9.42. The molecule has 1 fully saturated rings. The van der Waals surface area contributed by atoms with E-state index in [0.717, 1.165) is 50.1 Å². The van der Waals surface area contributed by atoms with Crippen molar-refractivity contribution in [1.82, 2.24) is 15.0 Å². The molecule has 2 aliphatic heterocycles. The first-order valence-electron chi connectivity index (χ1n) is 12.2. The molecule has 0 bridgehead atoms. The lowest BCUT2D eigenvalue weighted by atomic mass is 9.88. The van der Waals surface area contributed by atoms with E-state index >= 15 is 0 Å². The summed E-state index contributed by atoms with van der Waals surface area (Å²) in [7, 11) is 0. The van der Waals surface area contributed by atoms with Crippen molar-refractivity contribution in [2.24, 2.45) is 0 Å². The second kappa shape index (κ2) is 9.36. The van der Waals surface area contributed by atoms with E-state index in [2.05, 4.69) is 33.2 Å². The number of aryl methyl sites for hydroxylation is 1. The zero-order valence-corrected chi connectivity index (χ0v) is 19.8. The lowest BCUT2D eigenvalue weighted by molar-refractivity contribution is 0.0599. The van der Waals surface area contributed by atoms with Gasteiger partial charge in [-0.2, -0.15) is 4.98 Å². The van der Waals surface area contributed by atoms with Crippen LogP contribution in [0.15, 0.2) is 51.4 Å². The highest BCUT2D eigenvalue weighted by molar-refractivity contribution is 5.87. The van der Waals surface area contributed by atoms with Gasteiger partial charge in [-0.05, 0) is 67.2 Å². The van der Waals surface area contributed by atoms with Gasteiger partial charge in [0, 0.05) is 19.9 Å². The van der Waals surface area contributed by atoms with E-state index in [-0.39, 0.29) is 6.61 Å². The Labute approximate surface area is 203 Å². The number of furan rings is 1. The third kappa shape index (κ3) is 4.63. The van der Waals surface area contributed by atoms with Gasteiger partial charge in [-0.15, -0.1) is 0 Å². The van der Waals surface area contributed by atoms with Crippen LogP contribution in [0.4, 0.5) is 0 Å². The van der Waals surface area contributed by atoms with E-state index in [9.17, 15) is 5.11 Å². The van der Waals surface area contributed by atoms with Crippen LogP contribution in [0.2, 0.25) is 0 Å². The van der Waals surface area contributed by atoms with E-state index in [1.165, 1.54) is 11.1 Å². The maximum absolute atomic E-state index is 10.7. The van der Waals surface area contributed by atoms with Crippen molar-refractivity contribution in [2.75, 3.05) is 32.8 Å². The zero-order valence-electron chi connectivity index (χ0n) is 19.8. The van der Waals surface area contributed by atoms with Crippen LogP contribution in [0.5, 0.6) is 11.5 Å². The number of hydrogen-bond donors (Lipinski definition) is 1. The average Bonchev–Trinajstić information content (AvgIpc) is 3.62. The van der Waals surface area contributed by atoms with Gasteiger partial charge in [-0.1, -0.05) is 23.4 Å². The van der Waals surface area contributed by atoms with Crippen LogP contribution in [-0.2, 0) is 6.42 Å². The first kappa shape index (κ1) is 22.1. The molecule has 182 valence electrons. The number of rotatable bonds is 7. The molecule has 2 aromatic carbocycles. The van der Waals surface area contributed by atoms with Gasteiger partial charge in [0.15, 0.2) is 5.76 Å². The molecule has 1 N–H and O–H groups in total. The number of aliphatic hydroxyl groups excluding tert-OH is 1. The Kier molecular flexibility index (Phi) is 5.91. The summed E-state index contributed by atoms with van der Waals surface area (Å²) in [6.07, 6.45) is 2.63. The Morgan fingerprint density at radius 2 is 2.06 bits per heavy atom. The Bertz CT molecular complexity index is 1320. The molecule has 1 atom stereocenters. The van der Waals surface area contributed by atoms with Crippen molar-refractivity contribution >= 4 is 11.0 Å². The number of nitrogens with zero attached hydrogens (tertiary/aromatic N) is 3. The molecule has 2 aromatic heterocycles. The fourth-order valence-electron chi connectivity index (χ4n) is 5.12. The van der Waals surface area contributed by atoms with Crippen molar-refractivity contribution in [3.05, 3.63) is 59.5 Å². The van der Waals surface area contributed by atoms with Crippen LogP contribution >= 0.6 is 0 Å². The Morgan fingerprint density at radius 3 is 2.89 bits per heavy atom. The zero-order chi connectivity index (χ0) is 23.8. The summed E-state index contributed by atoms with van der Waals surface area (Å²) in [6.45, 7) is 5.29. The molecular weight excluding hydrogens is 446 g/mol. The number of likely N-dealkylation sites (tertiary alicyclic amines) is 1. The smallest absolute Gasteiger partial charge is 0.238 e. The molecule has 1 saturated heterocycles. The molecule has 4 aromatic rings. The minimum atomic E-state index is -0.579. The molecular formula is C27H29N3O5. The largest absolute Gasteiger partial charge is 0.493 e. The number of hydrogen-bond acceptors (Lipinski definition) is 8. The van der Waals surface area contributed by atoms with E-state index < -0.39 is 6.10 Å². The molecule has 4 heterocycles. The molecule has 0 unspecified atom stereocenters. The molecule has 6 rings (SSSR count). The molecule has 0 aliphatic carbocycles. The van der Waals surface area contributed by atoms with Crippen molar-refractivity contribution in [3.8, 4) is 23.1 Å². The maximum Gasteiger partial charge on any atom is 0.238 e. The summed E-state index contributed by atoms with van der Waals surface area (Å²) >= 11 is 0. The highest BCUT2D eigenvalue weighted by atomic mass is 16.5. The highest BCUT2D eigenvalue weighted by Gasteiger charge is 2.24. The lowest BCUT2D eigenvalue weighted by Gasteiger charge is -2.33. The van der Waals surface area contributed by atoms with Crippen LogP contribution in [0.25, 0.3) is 22.6 Å². The predicted octanol–water partition coefficient (Wildman–Crippen LogP) is 4.35. The Balaban J connectivity index is 1.03. The summed E-state index contributed by atoms with van der Waals surface area (Å²) in [5, 5.41) is 15.4. The summed E-state index contributed by atoms with van der Waals surface area (Å²) in [5.74, 6) is 3.68. The number of piperidine rings is 1. The molecule has 0 saturated carbocycles. The van der Waals surface area contributed by atoms with Gasteiger partial charge >= 0.3 is 0 Å². The summed E-state index contributed by atoms with van der Waals surface area (Å²) in [5.41, 5.74) is 3.43. The van der Waals surface area contributed by atoms with Gasteiger partial charge in [0.25, 0.3) is 0 Å². The van der Waals surface area contributed by atoms with E-state index in [4.69, 9.17) is 18.4 Å². The third-order valence-corrected chi connectivity index (χ3v) is 6.94. The van der Waals surface area contributed by atoms with Gasteiger partial charge in [0.2, 0.25) is 11.7 Å². The SMILES string of the molecule is Cc1nc(-c2cc3c(OC[C@@H](O)CN4CCC(c5ccc6c(c5)CCO6)CC4)cccc3o2)no1. The summed E-state index contributed by atoms with van der Waals surface area (Å²) in [4.78, 5) is 6.55. The van der Waals surface area contributed by atoms with Gasteiger partial charge < -0.3 is 28.4 Å².